The number of halogens is 2. The molecule has 14 heteroatoms. The molecule has 1 aliphatic carbocycles. The van der Waals surface area contributed by atoms with Gasteiger partial charge in [0.1, 0.15) is 5.52 Å². The van der Waals surface area contributed by atoms with Gasteiger partial charge in [0.25, 0.3) is 5.89 Å². The molecule has 4 aromatic rings. The lowest BCUT2D eigenvalue weighted by Gasteiger charge is -2.34. The second-order valence-corrected chi connectivity index (χ2v) is 11.1. The maximum Gasteiger partial charge on any atom is 0.264 e. The standard InChI is InChI=1S/C25H24F2N8O3S/c1-12-31-19(38-35-12)10-37-18-9-30-21-16(33-18)4-5-29-22(21)32-13-6-14(20(27)15(26)7-13)24(2)17-8-25(17,11-36-3)39-23(28)34-24/h4-7,9,17H,8,10-11H2,1-3H3,(H2,28,34)(H,29,32)/t17?,24-,25-/m1/s1. The molecule has 1 aliphatic heterocycles. The Labute approximate surface area is 225 Å². The Morgan fingerprint density at radius 3 is 2.87 bits per heavy atom. The lowest BCUT2D eigenvalue weighted by Crippen LogP contribution is -2.37. The summed E-state index contributed by atoms with van der Waals surface area (Å²) in [6.45, 7) is 3.96. The number of aromatic nitrogens is 5. The number of methoxy groups -OCH3 is 1. The third kappa shape index (κ3) is 4.52. The maximum atomic E-state index is 15.3. The number of aryl methyl sites for hydroxylation is 1. The molecule has 6 rings (SSSR count). The van der Waals surface area contributed by atoms with Gasteiger partial charge in [-0.05, 0) is 32.4 Å². The van der Waals surface area contributed by atoms with Gasteiger partial charge in [0.15, 0.2) is 35.1 Å². The van der Waals surface area contributed by atoms with E-state index < -0.39 is 17.2 Å². The van der Waals surface area contributed by atoms with Gasteiger partial charge in [-0.2, -0.15) is 4.98 Å². The average molecular weight is 555 g/mol. The van der Waals surface area contributed by atoms with E-state index in [9.17, 15) is 4.39 Å². The second-order valence-electron chi connectivity index (χ2n) is 9.66. The van der Waals surface area contributed by atoms with E-state index >= 15 is 4.39 Å². The van der Waals surface area contributed by atoms with E-state index in [1.54, 1.807) is 33.1 Å². The van der Waals surface area contributed by atoms with E-state index in [1.165, 1.54) is 24.2 Å². The first-order valence-corrected chi connectivity index (χ1v) is 12.9. The molecule has 0 amide bonds. The van der Waals surface area contributed by atoms with Crippen molar-refractivity contribution in [3.05, 3.63) is 59.5 Å². The molecule has 1 fully saturated rings. The van der Waals surface area contributed by atoms with Crippen molar-refractivity contribution in [3.63, 3.8) is 0 Å². The van der Waals surface area contributed by atoms with Gasteiger partial charge < -0.3 is 25.0 Å². The van der Waals surface area contributed by atoms with Crippen LogP contribution in [0.1, 0.15) is 30.6 Å². The number of aliphatic imine (C=N–C) groups is 1. The van der Waals surface area contributed by atoms with Crippen LogP contribution in [0.2, 0.25) is 0 Å². The van der Waals surface area contributed by atoms with Gasteiger partial charge in [-0.3, -0.25) is 4.99 Å². The van der Waals surface area contributed by atoms with E-state index in [2.05, 4.69) is 35.4 Å². The smallest absolute Gasteiger partial charge is 0.264 e. The number of benzene rings is 1. The zero-order valence-electron chi connectivity index (χ0n) is 21.2. The predicted molar refractivity (Wildman–Crippen MR) is 140 cm³/mol. The third-order valence-corrected chi connectivity index (χ3v) is 8.21. The molecule has 202 valence electrons. The van der Waals surface area contributed by atoms with Crippen LogP contribution < -0.4 is 15.8 Å². The van der Waals surface area contributed by atoms with E-state index in [0.29, 0.717) is 40.3 Å². The van der Waals surface area contributed by atoms with Crippen molar-refractivity contribution in [2.75, 3.05) is 19.0 Å². The molecular formula is C25H24F2N8O3S. The maximum absolute atomic E-state index is 15.3. The number of hydrogen-bond acceptors (Lipinski definition) is 12. The highest BCUT2D eigenvalue weighted by Gasteiger charge is 2.66. The molecule has 3 aromatic heterocycles. The zero-order valence-corrected chi connectivity index (χ0v) is 22.1. The van der Waals surface area contributed by atoms with Gasteiger partial charge in [0, 0.05) is 36.5 Å². The number of anilines is 2. The Kier molecular flexibility index (Phi) is 6.10. The number of pyridine rings is 1. The summed E-state index contributed by atoms with van der Waals surface area (Å²) < 4.78 is 45.9. The van der Waals surface area contributed by atoms with Crippen molar-refractivity contribution in [2.24, 2.45) is 16.6 Å². The van der Waals surface area contributed by atoms with Crippen LogP contribution >= 0.6 is 11.8 Å². The molecule has 1 saturated carbocycles. The Hall–Kier alpha value is -3.91. The Morgan fingerprint density at radius 2 is 2.10 bits per heavy atom. The zero-order chi connectivity index (χ0) is 27.4. The number of nitrogens with one attached hydrogen (secondary N) is 1. The first kappa shape index (κ1) is 25.4. The van der Waals surface area contributed by atoms with Gasteiger partial charge in [0.05, 0.1) is 28.6 Å². The Balaban J connectivity index is 1.30. The minimum absolute atomic E-state index is 0.0335. The number of nitrogens with zero attached hydrogens (tertiary/aromatic N) is 6. The van der Waals surface area contributed by atoms with Gasteiger partial charge in [-0.15, -0.1) is 0 Å². The number of amidine groups is 1. The molecule has 4 heterocycles. The van der Waals surface area contributed by atoms with Crippen LogP contribution in [0.5, 0.6) is 5.88 Å². The summed E-state index contributed by atoms with van der Waals surface area (Å²) in [5.41, 5.74) is 6.35. The van der Waals surface area contributed by atoms with Crippen molar-refractivity contribution in [1.82, 2.24) is 25.1 Å². The fourth-order valence-electron chi connectivity index (χ4n) is 5.12. The van der Waals surface area contributed by atoms with Crippen molar-refractivity contribution < 1.29 is 22.8 Å². The highest BCUT2D eigenvalue weighted by molar-refractivity contribution is 8.15. The molecule has 1 unspecified atom stereocenters. The van der Waals surface area contributed by atoms with Crippen LogP contribution in [0, 0.1) is 24.5 Å². The molecule has 0 radical (unpaired) electrons. The van der Waals surface area contributed by atoms with Crippen LogP contribution in [-0.4, -0.2) is 48.7 Å². The predicted octanol–water partition coefficient (Wildman–Crippen LogP) is 4.00. The molecule has 0 saturated heterocycles. The van der Waals surface area contributed by atoms with Gasteiger partial charge in [-0.25, -0.2) is 23.7 Å². The summed E-state index contributed by atoms with van der Waals surface area (Å²) >= 11 is 1.43. The first-order chi connectivity index (χ1) is 18.7. The largest absolute Gasteiger partial charge is 0.466 e. The summed E-state index contributed by atoms with van der Waals surface area (Å²) in [6.07, 6.45) is 3.68. The topological polar surface area (TPSA) is 146 Å². The normalized spacial score (nSPS) is 23.8. The van der Waals surface area contributed by atoms with E-state index in [1.807, 2.05) is 0 Å². The van der Waals surface area contributed by atoms with Crippen molar-refractivity contribution in [1.29, 1.82) is 0 Å². The molecule has 0 bridgehead atoms. The Bertz CT molecular complexity index is 1620. The molecule has 2 aliphatic rings. The van der Waals surface area contributed by atoms with Crippen LogP contribution in [-0.2, 0) is 16.9 Å². The fraction of sp³-hybridized carbons (Fsp3) is 0.360. The molecule has 0 spiro atoms. The van der Waals surface area contributed by atoms with Gasteiger partial charge in [-0.1, -0.05) is 16.9 Å². The van der Waals surface area contributed by atoms with Crippen LogP contribution in [0.25, 0.3) is 11.0 Å². The van der Waals surface area contributed by atoms with Gasteiger partial charge in [0.2, 0.25) is 5.88 Å². The lowest BCUT2D eigenvalue weighted by molar-refractivity contribution is 0.184. The SMILES string of the molecule is COC[C@]12CC1[C@@](C)(c1cc(Nc3nccc4nc(OCc5nc(C)no5)cnc34)cc(F)c1F)N=C(N)S2. The molecule has 39 heavy (non-hydrogen) atoms. The van der Waals surface area contributed by atoms with Crippen LogP contribution in [0.3, 0.4) is 0 Å². The number of thioether (sulfide) groups is 1. The number of rotatable bonds is 8. The van der Waals surface area contributed by atoms with E-state index in [-0.39, 0.29) is 34.4 Å². The molecule has 1 aromatic carbocycles. The number of ether oxygens (including phenoxy) is 2. The molecular weight excluding hydrogens is 530 g/mol. The summed E-state index contributed by atoms with van der Waals surface area (Å²) in [6, 6.07) is 4.27. The summed E-state index contributed by atoms with van der Waals surface area (Å²) in [5, 5.41) is 7.10. The quantitative estimate of drug-likeness (QED) is 0.326. The molecule has 3 atom stereocenters. The monoisotopic (exact) mass is 554 g/mol. The molecule has 3 N–H and O–H groups in total. The highest BCUT2D eigenvalue weighted by atomic mass is 32.2. The first-order valence-electron chi connectivity index (χ1n) is 12.0. The average Bonchev–Trinajstić information content (AvgIpc) is 3.47. The second kappa shape index (κ2) is 9.38. The highest BCUT2D eigenvalue weighted by Crippen LogP contribution is 2.66. The summed E-state index contributed by atoms with van der Waals surface area (Å²) in [4.78, 5) is 21.9. The fourth-order valence-corrected chi connectivity index (χ4v) is 6.57. The minimum atomic E-state index is -1.06. The van der Waals surface area contributed by atoms with Crippen molar-refractivity contribution in [2.45, 2.75) is 37.2 Å². The van der Waals surface area contributed by atoms with E-state index in [0.717, 1.165) is 12.5 Å². The van der Waals surface area contributed by atoms with Crippen LogP contribution in [0.15, 0.2) is 40.1 Å². The number of fused-ring (bicyclic) bond motifs is 2. The number of hydrogen-bond donors (Lipinski definition) is 2. The van der Waals surface area contributed by atoms with Crippen LogP contribution in [0.4, 0.5) is 20.3 Å². The minimum Gasteiger partial charge on any atom is -0.466 e. The number of nitrogens with two attached hydrogens (primary N) is 1. The summed E-state index contributed by atoms with van der Waals surface area (Å²) in [5.74, 6) is -0.687. The Morgan fingerprint density at radius 1 is 1.26 bits per heavy atom. The van der Waals surface area contributed by atoms with Crippen molar-refractivity contribution in [3.8, 4) is 5.88 Å². The lowest BCUT2D eigenvalue weighted by atomic mass is 9.85. The third-order valence-electron chi connectivity index (χ3n) is 6.93. The van der Waals surface area contributed by atoms with E-state index in [4.69, 9.17) is 19.7 Å². The van der Waals surface area contributed by atoms with Gasteiger partial charge >= 0.3 is 0 Å². The summed E-state index contributed by atoms with van der Waals surface area (Å²) in [7, 11) is 1.61. The van der Waals surface area contributed by atoms with Crippen molar-refractivity contribution >= 4 is 39.5 Å². The molecule has 11 nitrogen and oxygen atoms in total.